The highest BCUT2D eigenvalue weighted by Gasteiger charge is 2.21. The van der Waals surface area contributed by atoms with E-state index in [0.717, 1.165) is 10.0 Å². The van der Waals surface area contributed by atoms with E-state index in [1.165, 1.54) is 0 Å². The molecule has 0 spiro atoms. The van der Waals surface area contributed by atoms with Crippen molar-refractivity contribution < 1.29 is 9.90 Å². The molecule has 104 valence electrons. The van der Waals surface area contributed by atoms with Crippen LogP contribution >= 0.6 is 15.9 Å². The molecule has 1 aromatic carbocycles. The van der Waals surface area contributed by atoms with Gasteiger partial charge in [-0.25, -0.2) is 0 Å². The molecule has 19 heavy (non-hydrogen) atoms. The lowest BCUT2D eigenvalue weighted by molar-refractivity contribution is -0.115. The van der Waals surface area contributed by atoms with Gasteiger partial charge < -0.3 is 5.11 Å². The fourth-order valence-electron chi connectivity index (χ4n) is 1.83. The van der Waals surface area contributed by atoms with Crippen LogP contribution in [-0.4, -0.2) is 10.9 Å². The van der Waals surface area contributed by atoms with E-state index in [0.29, 0.717) is 18.4 Å². The monoisotopic (exact) mass is 324 g/mol. The van der Waals surface area contributed by atoms with Crippen molar-refractivity contribution in [2.45, 2.75) is 40.5 Å². The van der Waals surface area contributed by atoms with Gasteiger partial charge in [0.05, 0.1) is 0 Å². The summed E-state index contributed by atoms with van der Waals surface area (Å²) in [6, 6.07) is 7.88. The molecule has 0 atom stereocenters. The van der Waals surface area contributed by atoms with E-state index >= 15 is 0 Å². The molecule has 0 aliphatic rings. The number of benzene rings is 1. The number of aliphatic hydroxyl groups is 1. The number of ketones is 1. The Hall–Kier alpha value is -1.09. The predicted molar refractivity (Wildman–Crippen MR) is 82.3 cm³/mol. The summed E-state index contributed by atoms with van der Waals surface area (Å²) < 4.78 is 1.02. The van der Waals surface area contributed by atoms with Gasteiger partial charge in [-0.1, -0.05) is 54.9 Å². The second-order valence-electron chi connectivity index (χ2n) is 5.74. The Morgan fingerprint density at radius 1 is 1.26 bits per heavy atom. The summed E-state index contributed by atoms with van der Waals surface area (Å²) in [6.07, 6.45) is 1.09. The first kappa shape index (κ1) is 16.0. The van der Waals surface area contributed by atoms with E-state index in [2.05, 4.69) is 15.9 Å². The number of halogens is 1. The minimum Gasteiger partial charge on any atom is -0.511 e. The van der Waals surface area contributed by atoms with Gasteiger partial charge in [-0.15, -0.1) is 0 Å². The molecule has 1 rings (SSSR count). The molecular formula is C16H21BrO2. The lowest BCUT2D eigenvalue weighted by Crippen LogP contribution is -2.15. The Labute approximate surface area is 123 Å². The molecule has 0 unspecified atom stereocenters. The highest BCUT2D eigenvalue weighted by Crippen LogP contribution is 2.26. The lowest BCUT2D eigenvalue weighted by atomic mass is 9.89. The van der Waals surface area contributed by atoms with E-state index in [-0.39, 0.29) is 17.0 Å². The summed E-state index contributed by atoms with van der Waals surface area (Å²) in [5.74, 6) is 0.188. The zero-order valence-corrected chi connectivity index (χ0v) is 13.5. The number of carbonyl (C=O) groups is 1. The Morgan fingerprint density at radius 2 is 1.84 bits per heavy atom. The molecule has 1 aromatic rings. The van der Waals surface area contributed by atoms with Crippen LogP contribution in [0.2, 0.25) is 0 Å². The first-order valence-electron chi connectivity index (χ1n) is 6.40. The van der Waals surface area contributed by atoms with Crippen LogP contribution in [0.5, 0.6) is 0 Å². The molecule has 0 aromatic heterocycles. The number of rotatable bonds is 4. The third kappa shape index (κ3) is 4.50. The maximum Gasteiger partial charge on any atom is 0.162 e. The van der Waals surface area contributed by atoms with Crippen molar-refractivity contribution in [3.63, 3.8) is 0 Å². The zero-order valence-electron chi connectivity index (χ0n) is 12.0. The minimum absolute atomic E-state index is 0.00294. The van der Waals surface area contributed by atoms with Gasteiger partial charge in [-0.05, 0) is 25.0 Å². The normalized spacial score (nSPS) is 13.1. The topological polar surface area (TPSA) is 37.3 Å². The van der Waals surface area contributed by atoms with Crippen molar-refractivity contribution in [1.82, 2.24) is 0 Å². The van der Waals surface area contributed by atoms with E-state index in [4.69, 9.17) is 0 Å². The van der Waals surface area contributed by atoms with Crippen LogP contribution in [0.25, 0.3) is 0 Å². The van der Waals surface area contributed by atoms with E-state index in [1.807, 2.05) is 45.0 Å². The zero-order chi connectivity index (χ0) is 14.6. The standard InChI is InChI=1S/C16H21BrO2/c1-11(15(19)16(2,3)4)14(18)10-9-12-7-5-6-8-13(12)17/h5-8,19H,9-10H2,1-4H3/b15-11-. The van der Waals surface area contributed by atoms with Gasteiger partial charge in [0.25, 0.3) is 0 Å². The van der Waals surface area contributed by atoms with Crippen LogP contribution in [0.1, 0.15) is 39.7 Å². The highest BCUT2D eigenvalue weighted by atomic mass is 79.9. The molecule has 0 heterocycles. The fraction of sp³-hybridized carbons (Fsp3) is 0.438. The molecular weight excluding hydrogens is 304 g/mol. The molecule has 0 saturated carbocycles. The molecule has 0 fully saturated rings. The van der Waals surface area contributed by atoms with Gasteiger partial charge in [0.2, 0.25) is 0 Å². The summed E-state index contributed by atoms with van der Waals surface area (Å²) in [5, 5.41) is 10.0. The van der Waals surface area contributed by atoms with Crippen LogP contribution in [0, 0.1) is 5.41 Å². The lowest BCUT2D eigenvalue weighted by Gasteiger charge is -2.19. The molecule has 0 bridgehead atoms. The Bertz CT molecular complexity index is 496. The molecule has 1 N–H and O–H groups in total. The molecule has 3 heteroatoms. The average molecular weight is 325 g/mol. The maximum absolute atomic E-state index is 12.1. The SMILES string of the molecule is C/C(C(=O)CCc1ccccc1Br)=C(/O)C(C)(C)C. The van der Waals surface area contributed by atoms with Crippen molar-refractivity contribution in [1.29, 1.82) is 0 Å². The van der Waals surface area contributed by atoms with E-state index < -0.39 is 0 Å². The van der Waals surface area contributed by atoms with Gasteiger partial charge in [-0.2, -0.15) is 0 Å². The smallest absolute Gasteiger partial charge is 0.162 e. The van der Waals surface area contributed by atoms with Crippen LogP contribution in [0.3, 0.4) is 0 Å². The van der Waals surface area contributed by atoms with Gasteiger partial charge in [0.1, 0.15) is 5.76 Å². The third-order valence-electron chi connectivity index (χ3n) is 3.06. The van der Waals surface area contributed by atoms with Gasteiger partial charge in [0, 0.05) is 21.9 Å². The van der Waals surface area contributed by atoms with Gasteiger partial charge in [-0.3, -0.25) is 4.79 Å². The van der Waals surface area contributed by atoms with Crippen LogP contribution in [0.4, 0.5) is 0 Å². The van der Waals surface area contributed by atoms with Crippen molar-refractivity contribution in [2.75, 3.05) is 0 Å². The molecule has 2 nitrogen and oxygen atoms in total. The van der Waals surface area contributed by atoms with Crippen LogP contribution in [0.15, 0.2) is 40.1 Å². The summed E-state index contributed by atoms with van der Waals surface area (Å²) in [7, 11) is 0. The fourth-order valence-corrected chi connectivity index (χ4v) is 2.31. The Morgan fingerprint density at radius 3 is 2.37 bits per heavy atom. The summed E-state index contributed by atoms with van der Waals surface area (Å²) in [6.45, 7) is 7.38. The third-order valence-corrected chi connectivity index (χ3v) is 3.84. The summed E-state index contributed by atoms with van der Waals surface area (Å²) in [5.41, 5.74) is 1.20. The number of Topliss-reactive ketones (excluding diaryl/α,β-unsaturated/α-hetero) is 1. The van der Waals surface area contributed by atoms with E-state index in [1.54, 1.807) is 6.92 Å². The Kier molecular flexibility index (Phi) is 5.36. The average Bonchev–Trinajstić information content (AvgIpc) is 2.34. The molecule has 0 amide bonds. The molecule has 0 aliphatic heterocycles. The van der Waals surface area contributed by atoms with Crippen molar-refractivity contribution in [3.05, 3.63) is 45.6 Å². The second-order valence-corrected chi connectivity index (χ2v) is 6.59. The quantitative estimate of drug-likeness (QED) is 0.636. The minimum atomic E-state index is -0.382. The van der Waals surface area contributed by atoms with Gasteiger partial charge in [0.15, 0.2) is 5.78 Å². The molecule has 0 aliphatic carbocycles. The predicted octanol–water partition coefficient (Wildman–Crippen LogP) is 4.83. The first-order chi connectivity index (χ1) is 8.73. The van der Waals surface area contributed by atoms with E-state index in [9.17, 15) is 9.90 Å². The first-order valence-corrected chi connectivity index (χ1v) is 7.19. The van der Waals surface area contributed by atoms with Crippen molar-refractivity contribution >= 4 is 21.7 Å². The number of allylic oxidation sites excluding steroid dienone is 2. The number of aryl methyl sites for hydroxylation is 1. The summed E-state index contributed by atoms with van der Waals surface area (Å²) >= 11 is 3.47. The maximum atomic E-state index is 12.1. The van der Waals surface area contributed by atoms with Crippen LogP contribution < -0.4 is 0 Å². The van der Waals surface area contributed by atoms with Crippen molar-refractivity contribution in [3.8, 4) is 0 Å². The molecule has 0 radical (unpaired) electrons. The number of hydrogen-bond donors (Lipinski definition) is 1. The largest absolute Gasteiger partial charge is 0.511 e. The second kappa shape index (κ2) is 6.38. The number of carbonyl (C=O) groups excluding carboxylic acids is 1. The van der Waals surface area contributed by atoms with Crippen LogP contribution in [-0.2, 0) is 11.2 Å². The summed E-state index contributed by atoms with van der Waals surface area (Å²) in [4.78, 5) is 12.1. The number of hydrogen-bond acceptors (Lipinski definition) is 2. The molecule has 0 saturated heterocycles. The van der Waals surface area contributed by atoms with Gasteiger partial charge >= 0.3 is 0 Å². The highest BCUT2D eigenvalue weighted by molar-refractivity contribution is 9.10. The van der Waals surface area contributed by atoms with Crippen molar-refractivity contribution in [2.24, 2.45) is 5.41 Å². The Balaban J connectivity index is 2.75. The number of aliphatic hydroxyl groups excluding tert-OH is 1.